The Kier molecular flexibility index (Phi) is 5.49. The summed E-state index contributed by atoms with van der Waals surface area (Å²) < 4.78 is 0. The first-order valence-electron chi connectivity index (χ1n) is 5.65. The van der Waals surface area contributed by atoms with Crippen LogP contribution in [0.5, 0.6) is 0 Å². The van der Waals surface area contributed by atoms with Gasteiger partial charge in [0.1, 0.15) is 0 Å². The quantitative estimate of drug-likeness (QED) is 0.799. The molecule has 1 rings (SSSR count). The first-order chi connectivity index (χ1) is 7.63. The smallest absolute Gasteiger partial charge is 0.234 e. The van der Waals surface area contributed by atoms with Crippen molar-refractivity contribution in [3.8, 4) is 0 Å². The maximum absolute atomic E-state index is 11.5. The monoisotopic (exact) mass is 240 g/mol. The van der Waals surface area contributed by atoms with Crippen LogP contribution in [-0.4, -0.2) is 18.5 Å². The molecule has 1 aromatic rings. The molecule has 16 heavy (non-hydrogen) atoms. The van der Waals surface area contributed by atoms with Gasteiger partial charge in [0.2, 0.25) is 5.91 Å². The number of carbonyl (C=O) groups is 1. The maximum Gasteiger partial charge on any atom is 0.234 e. The molecule has 1 unspecified atom stereocenters. The number of hydrogen-bond acceptors (Lipinski definition) is 3. The van der Waals surface area contributed by atoms with E-state index in [2.05, 4.69) is 35.2 Å². The minimum absolute atomic E-state index is 0.0715. The number of rotatable bonds is 6. The van der Waals surface area contributed by atoms with E-state index >= 15 is 0 Å². The zero-order chi connectivity index (χ0) is 12.0. The number of hydrogen-bond donors (Lipinski definition) is 2. The second-order valence-electron chi connectivity index (χ2n) is 4.06. The van der Waals surface area contributed by atoms with Gasteiger partial charge in [-0.05, 0) is 42.2 Å². The Morgan fingerprint density at radius 3 is 2.81 bits per heavy atom. The topological polar surface area (TPSA) is 41.1 Å². The van der Waals surface area contributed by atoms with Gasteiger partial charge in [-0.3, -0.25) is 4.79 Å². The highest BCUT2D eigenvalue weighted by atomic mass is 32.1. The van der Waals surface area contributed by atoms with E-state index in [-0.39, 0.29) is 11.9 Å². The van der Waals surface area contributed by atoms with Gasteiger partial charge < -0.3 is 10.6 Å². The lowest BCUT2D eigenvalue weighted by molar-refractivity contribution is -0.120. The number of aryl methyl sites for hydroxylation is 1. The van der Waals surface area contributed by atoms with Crippen LogP contribution in [0.3, 0.4) is 0 Å². The number of nitrogens with one attached hydrogen (secondary N) is 2. The number of carbonyl (C=O) groups excluding carboxylic acids is 1. The van der Waals surface area contributed by atoms with Gasteiger partial charge in [-0.1, -0.05) is 6.92 Å². The van der Waals surface area contributed by atoms with E-state index in [0.717, 1.165) is 13.0 Å². The zero-order valence-electron chi connectivity index (χ0n) is 10.2. The largest absolute Gasteiger partial charge is 0.353 e. The van der Waals surface area contributed by atoms with Crippen LogP contribution in [0.15, 0.2) is 10.8 Å². The summed E-state index contributed by atoms with van der Waals surface area (Å²) in [5, 5.41) is 10.3. The molecule has 1 amide bonds. The summed E-state index contributed by atoms with van der Waals surface area (Å²) in [5.74, 6) is 0.0715. The molecule has 0 aromatic carbocycles. The number of thiophene rings is 1. The van der Waals surface area contributed by atoms with Gasteiger partial charge in [0.25, 0.3) is 0 Å². The number of amides is 1. The third kappa shape index (κ3) is 4.33. The van der Waals surface area contributed by atoms with Crippen molar-refractivity contribution >= 4 is 17.2 Å². The molecule has 0 radical (unpaired) electrons. The van der Waals surface area contributed by atoms with Crippen molar-refractivity contribution in [2.75, 3.05) is 6.54 Å². The molecule has 0 aliphatic carbocycles. The van der Waals surface area contributed by atoms with Crippen LogP contribution in [0.4, 0.5) is 0 Å². The minimum Gasteiger partial charge on any atom is -0.353 e. The van der Waals surface area contributed by atoms with Crippen molar-refractivity contribution < 1.29 is 4.79 Å². The van der Waals surface area contributed by atoms with Gasteiger partial charge in [-0.15, -0.1) is 0 Å². The summed E-state index contributed by atoms with van der Waals surface area (Å²) in [5.41, 5.74) is 2.57. The molecule has 0 saturated carbocycles. The van der Waals surface area contributed by atoms with Gasteiger partial charge in [-0.25, -0.2) is 0 Å². The van der Waals surface area contributed by atoms with Crippen molar-refractivity contribution in [2.24, 2.45) is 0 Å². The summed E-state index contributed by atoms with van der Waals surface area (Å²) in [6, 6.07) is 0.261. The van der Waals surface area contributed by atoms with Crippen LogP contribution in [-0.2, 0) is 11.3 Å². The van der Waals surface area contributed by atoms with Gasteiger partial charge in [0, 0.05) is 12.6 Å². The molecule has 0 saturated heterocycles. The summed E-state index contributed by atoms with van der Waals surface area (Å²) in [6.07, 6.45) is 0.968. The third-order valence-corrected chi connectivity index (χ3v) is 3.49. The lowest BCUT2D eigenvalue weighted by atomic mass is 10.2. The molecule has 0 aliphatic rings. The molecule has 0 bridgehead atoms. The fraction of sp³-hybridized carbons (Fsp3) is 0.583. The Labute approximate surface area is 101 Å². The Morgan fingerprint density at radius 2 is 2.25 bits per heavy atom. The molecule has 0 aliphatic heterocycles. The Morgan fingerprint density at radius 1 is 1.50 bits per heavy atom. The van der Waals surface area contributed by atoms with Crippen molar-refractivity contribution in [3.05, 3.63) is 21.9 Å². The molecule has 90 valence electrons. The summed E-state index contributed by atoms with van der Waals surface area (Å²) in [7, 11) is 0. The van der Waals surface area contributed by atoms with E-state index < -0.39 is 0 Å². The highest BCUT2D eigenvalue weighted by molar-refractivity contribution is 7.08. The summed E-state index contributed by atoms with van der Waals surface area (Å²) in [6.45, 7) is 7.32. The summed E-state index contributed by atoms with van der Waals surface area (Å²) >= 11 is 1.70. The molecule has 2 N–H and O–H groups in total. The normalized spacial score (nSPS) is 12.4. The first kappa shape index (κ1) is 13.2. The van der Waals surface area contributed by atoms with Crippen LogP contribution < -0.4 is 10.6 Å². The van der Waals surface area contributed by atoms with E-state index in [1.54, 1.807) is 11.3 Å². The summed E-state index contributed by atoms with van der Waals surface area (Å²) in [4.78, 5) is 11.5. The molecule has 4 heteroatoms. The second kappa shape index (κ2) is 6.66. The predicted octanol–water partition coefficient (Wildman–Crippen LogP) is 2.06. The first-order valence-corrected chi connectivity index (χ1v) is 6.59. The Balaban J connectivity index is 2.21. The average molecular weight is 240 g/mol. The van der Waals surface area contributed by atoms with Gasteiger partial charge >= 0.3 is 0 Å². The molecule has 3 nitrogen and oxygen atoms in total. The molecule has 1 atom stereocenters. The maximum atomic E-state index is 11.5. The Hall–Kier alpha value is -0.870. The molecule has 0 fully saturated rings. The van der Waals surface area contributed by atoms with E-state index in [4.69, 9.17) is 0 Å². The lowest BCUT2D eigenvalue weighted by Gasteiger charge is -2.11. The molecule has 1 heterocycles. The van der Waals surface area contributed by atoms with Crippen molar-refractivity contribution in [1.82, 2.24) is 10.6 Å². The van der Waals surface area contributed by atoms with Crippen LogP contribution >= 0.6 is 11.3 Å². The average Bonchev–Trinajstić information content (AvgIpc) is 2.64. The van der Waals surface area contributed by atoms with Crippen molar-refractivity contribution in [3.63, 3.8) is 0 Å². The van der Waals surface area contributed by atoms with E-state index in [0.29, 0.717) is 6.54 Å². The van der Waals surface area contributed by atoms with Crippen LogP contribution in [0.1, 0.15) is 31.4 Å². The van der Waals surface area contributed by atoms with Crippen molar-refractivity contribution in [2.45, 2.75) is 39.8 Å². The lowest BCUT2D eigenvalue weighted by Crippen LogP contribution is -2.38. The highest BCUT2D eigenvalue weighted by Gasteiger charge is 2.05. The predicted molar refractivity (Wildman–Crippen MR) is 68.7 cm³/mol. The van der Waals surface area contributed by atoms with Crippen LogP contribution in [0.25, 0.3) is 0 Å². The molecular formula is C12H20N2OS. The van der Waals surface area contributed by atoms with Gasteiger partial charge in [0.05, 0.1) is 6.54 Å². The standard InChI is InChI=1S/C12H20N2OS/c1-4-10(3)14-12(15)6-13-5-11-8-16-7-9(11)2/h7-8,10,13H,4-6H2,1-3H3,(H,14,15). The van der Waals surface area contributed by atoms with E-state index in [1.165, 1.54) is 11.1 Å². The second-order valence-corrected chi connectivity index (χ2v) is 4.80. The van der Waals surface area contributed by atoms with Crippen LogP contribution in [0.2, 0.25) is 0 Å². The fourth-order valence-electron chi connectivity index (χ4n) is 1.31. The van der Waals surface area contributed by atoms with Crippen molar-refractivity contribution in [1.29, 1.82) is 0 Å². The minimum atomic E-state index is 0.0715. The molecule has 0 spiro atoms. The van der Waals surface area contributed by atoms with E-state index in [9.17, 15) is 4.79 Å². The highest BCUT2D eigenvalue weighted by Crippen LogP contribution is 2.12. The SMILES string of the molecule is CCC(C)NC(=O)CNCc1cscc1C. The zero-order valence-corrected chi connectivity index (χ0v) is 11.0. The molecular weight excluding hydrogens is 220 g/mol. The van der Waals surface area contributed by atoms with Crippen LogP contribution in [0, 0.1) is 6.92 Å². The van der Waals surface area contributed by atoms with Gasteiger partial charge in [0.15, 0.2) is 0 Å². The molecule has 1 aromatic heterocycles. The fourth-order valence-corrected chi connectivity index (χ4v) is 2.16. The Bertz CT molecular complexity index is 336. The third-order valence-electron chi connectivity index (χ3n) is 2.58. The van der Waals surface area contributed by atoms with Gasteiger partial charge in [-0.2, -0.15) is 11.3 Å². The van der Waals surface area contributed by atoms with E-state index in [1.807, 2.05) is 6.92 Å².